The van der Waals surface area contributed by atoms with Crippen LogP contribution >= 0.6 is 23.2 Å². The molecule has 0 aliphatic carbocycles. The Morgan fingerprint density at radius 2 is 1.80 bits per heavy atom. The molecule has 2 nitrogen and oxygen atoms in total. The molecule has 0 aliphatic heterocycles. The van der Waals surface area contributed by atoms with Crippen LogP contribution in [0.4, 0.5) is 0 Å². The van der Waals surface area contributed by atoms with Gasteiger partial charge < -0.3 is 0 Å². The summed E-state index contributed by atoms with van der Waals surface area (Å²) in [5, 5.41) is 10.4. The average molecular weight is 304 g/mol. The van der Waals surface area contributed by atoms with E-state index in [2.05, 4.69) is 0 Å². The van der Waals surface area contributed by atoms with Gasteiger partial charge in [-0.2, -0.15) is 5.26 Å². The molecule has 1 unspecified atom stereocenters. The van der Waals surface area contributed by atoms with Crippen molar-refractivity contribution >= 4 is 29.0 Å². The smallest absolute Gasteiger partial charge is 0.184 e. The Kier molecular flexibility index (Phi) is 4.44. The number of ketones is 1. The first-order valence-electron chi connectivity index (χ1n) is 5.98. The fraction of sp³-hybridized carbons (Fsp3) is 0.125. The highest BCUT2D eigenvalue weighted by atomic mass is 35.5. The van der Waals surface area contributed by atoms with Gasteiger partial charge in [0.15, 0.2) is 5.78 Å². The molecule has 0 radical (unpaired) electrons. The Bertz CT molecular complexity index is 687. The molecule has 0 saturated carbocycles. The van der Waals surface area contributed by atoms with Gasteiger partial charge in [-0.05, 0) is 48.4 Å². The number of halogens is 2. The lowest BCUT2D eigenvalue weighted by Gasteiger charge is -2.10. The van der Waals surface area contributed by atoms with Crippen molar-refractivity contribution < 1.29 is 4.79 Å². The number of nitrogens with zero attached hydrogens (tertiary/aromatic N) is 1. The molecule has 0 heterocycles. The van der Waals surface area contributed by atoms with Gasteiger partial charge in [-0.1, -0.05) is 35.3 Å². The summed E-state index contributed by atoms with van der Waals surface area (Å²) in [4.78, 5) is 12.4. The molecule has 0 spiro atoms. The zero-order valence-electron chi connectivity index (χ0n) is 10.7. The van der Waals surface area contributed by atoms with E-state index in [9.17, 15) is 10.1 Å². The maximum absolute atomic E-state index is 12.4. The molecule has 0 bridgehead atoms. The Morgan fingerprint density at radius 3 is 2.35 bits per heavy atom. The van der Waals surface area contributed by atoms with Crippen molar-refractivity contribution in [2.75, 3.05) is 0 Å². The van der Waals surface area contributed by atoms with Crippen LogP contribution < -0.4 is 0 Å². The van der Waals surface area contributed by atoms with Crippen molar-refractivity contribution in [2.24, 2.45) is 0 Å². The molecule has 0 fully saturated rings. The van der Waals surface area contributed by atoms with Gasteiger partial charge in [0.05, 0.1) is 6.07 Å². The number of nitriles is 1. The van der Waals surface area contributed by atoms with Crippen molar-refractivity contribution in [3.8, 4) is 6.07 Å². The van der Waals surface area contributed by atoms with Gasteiger partial charge in [-0.15, -0.1) is 0 Å². The largest absolute Gasteiger partial charge is 0.292 e. The highest BCUT2D eigenvalue weighted by Gasteiger charge is 2.22. The maximum Gasteiger partial charge on any atom is 0.184 e. The van der Waals surface area contributed by atoms with Gasteiger partial charge in [-0.3, -0.25) is 4.79 Å². The minimum absolute atomic E-state index is 0.241. The highest BCUT2D eigenvalue weighted by Crippen LogP contribution is 2.24. The second kappa shape index (κ2) is 6.09. The molecule has 4 heteroatoms. The maximum atomic E-state index is 12.4. The predicted octanol–water partition coefficient (Wildman–Crippen LogP) is 4.79. The molecule has 2 aromatic rings. The van der Waals surface area contributed by atoms with Crippen molar-refractivity contribution in [1.29, 1.82) is 5.26 Å². The topological polar surface area (TPSA) is 40.9 Å². The van der Waals surface area contributed by atoms with E-state index in [0.29, 0.717) is 21.2 Å². The minimum atomic E-state index is -0.840. The van der Waals surface area contributed by atoms with Gasteiger partial charge in [0, 0.05) is 15.6 Å². The number of Topliss-reactive ketones (excluding diaryl/α,β-unsaturated/α-hetero) is 1. The number of hydrogen-bond acceptors (Lipinski definition) is 2. The average Bonchev–Trinajstić information content (AvgIpc) is 2.44. The molecular formula is C16H11Cl2NO. The van der Waals surface area contributed by atoms with E-state index in [-0.39, 0.29) is 5.78 Å². The summed E-state index contributed by atoms with van der Waals surface area (Å²) >= 11 is 11.8. The van der Waals surface area contributed by atoms with Crippen LogP contribution in [0.5, 0.6) is 0 Å². The third-order valence-electron chi connectivity index (χ3n) is 3.04. The number of hydrogen-bond donors (Lipinski definition) is 0. The normalized spacial score (nSPS) is 11.7. The fourth-order valence-electron chi connectivity index (χ4n) is 1.90. The summed E-state index contributed by atoms with van der Waals surface area (Å²) in [6, 6.07) is 13.8. The Labute approximate surface area is 127 Å². The summed E-state index contributed by atoms with van der Waals surface area (Å²) in [5.74, 6) is -1.08. The Hall–Kier alpha value is -1.82. The SMILES string of the molecule is Cc1cc(C(=O)C(C#N)c2ccc(Cl)cc2)ccc1Cl. The molecular weight excluding hydrogens is 293 g/mol. The van der Waals surface area contributed by atoms with Crippen LogP contribution in [-0.4, -0.2) is 5.78 Å². The zero-order chi connectivity index (χ0) is 14.7. The Morgan fingerprint density at radius 1 is 1.15 bits per heavy atom. The van der Waals surface area contributed by atoms with Crippen LogP contribution in [0.1, 0.15) is 27.4 Å². The number of rotatable bonds is 3. The molecule has 20 heavy (non-hydrogen) atoms. The fourth-order valence-corrected chi connectivity index (χ4v) is 2.15. The highest BCUT2D eigenvalue weighted by molar-refractivity contribution is 6.31. The van der Waals surface area contributed by atoms with Gasteiger partial charge in [-0.25, -0.2) is 0 Å². The van der Waals surface area contributed by atoms with E-state index in [4.69, 9.17) is 23.2 Å². The van der Waals surface area contributed by atoms with E-state index in [1.807, 2.05) is 13.0 Å². The lowest BCUT2D eigenvalue weighted by molar-refractivity contribution is 0.0979. The molecule has 0 aliphatic rings. The lowest BCUT2D eigenvalue weighted by Crippen LogP contribution is -2.11. The van der Waals surface area contributed by atoms with Crippen molar-refractivity contribution in [3.05, 3.63) is 69.2 Å². The number of carbonyl (C=O) groups is 1. The minimum Gasteiger partial charge on any atom is -0.292 e. The first-order chi connectivity index (χ1) is 9.52. The van der Waals surface area contributed by atoms with Gasteiger partial charge in [0.1, 0.15) is 5.92 Å². The van der Waals surface area contributed by atoms with Crippen LogP contribution in [0.2, 0.25) is 10.0 Å². The monoisotopic (exact) mass is 303 g/mol. The van der Waals surface area contributed by atoms with Gasteiger partial charge in [0.25, 0.3) is 0 Å². The third-order valence-corrected chi connectivity index (χ3v) is 3.71. The number of aryl methyl sites for hydroxylation is 1. The van der Waals surface area contributed by atoms with E-state index >= 15 is 0 Å². The Balaban J connectivity index is 2.36. The first kappa shape index (κ1) is 14.6. The number of carbonyl (C=O) groups excluding carboxylic acids is 1. The molecule has 2 aromatic carbocycles. The molecule has 1 atom stereocenters. The summed E-state index contributed by atoms with van der Waals surface area (Å²) < 4.78 is 0. The predicted molar refractivity (Wildman–Crippen MR) is 80.3 cm³/mol. The van der Waals surface area contributed by atoms with E-state index in [0.717, 1.165) is 5.56 Å². The second-order valence-electron chi connectivity index (χ2n) is 4.44. The number of benzene rings is 2. The second-order valence-corrected chi connectivity index (χ2v) is 5.29. The molecule has 2 rings (SSSR count). The van der Waals surface area contributed by atoms with Gasteiger partial charge in [0.2, 0.25) is 0 Å². The van der Waals surface area contributed by atoms with Crippen LogP contribution in [-0.2, 0) is 0 Å². The summed E-state index contributed by atoms with van der Waals surface area (Å²) in [6.45, 7) is 1.82. The summed E-state index contributed by atoms with van der Waals surface area (Å²) in [6.07, 6.45) is 0. The lowest BCUT2D eigenvalue weighted by atomic mass is 9.91. The van der Waals surface area contributed by atoms with Crippen molar-refractivity contribution in [3.63, 3.8) is 0 Å². The van der Waals surface area contributed by atoms with Crippen LogP contribution in [0, 0.1) is 18.3 Å². The van der Waals surface area contributed by atoms with Crippen LogP contribution in [0.3, 0.4) is 0 Å². The van der Waals surface area contributed by atoms with Gasteiger partial charge >= 0.3 is 0 Å². The van der Waals surface area contributed by atoms with Crippen molar-refractivity contribution in [2.45, 2.75) is 12.8 Å². The first-order valence-corrected chi connectivity index (χ1v) is 6.74. The molecule has 0 amide bonds. The van der Waals surface area contributed by atoms with E-state index < -0.39 is 5.92 Å². The zero-order valence-corrected chi connectivity index (χ0v) is 12.2. The third kappa shape index (κ3) is 3.01. The summed E-state index contributed by atoms with van der Waals surface area (Å²) in [5.41, 5.74) is 1.92. The molecule has 0 N–H and O–H groups in total. The summed E-state index contributed by atoms with van der Waals surface area (Å²) in [7, 11) is 0. The van der Waals surface area contributed by atoms with Crippen LogP contribution in [0.25, 0.3) is 0 Å². The van der Waals surface area contributed by atoms with Crippen molar-refractivity contribution in [1.82, 2.24) is 0 Å². The molecule has 0 aromatic heterocycles. The molecule has 0 saturated heterocycles. The van der Waals surface area contributed by atoms with Crippen LogP contribution in [0.15, 0.2) is 42.5 Å². The van der Waals surface area contributed by atoms with E-state index in [1.54, 1.807) is 42.5 Å². The van der Waals surface area contributed by atoms with E-state index in [1.165, 1.54) is 0 Å². The standard InChI is InChI=1S/C16H11Cl2NO/c1-10-8-12(4-7-15(10)18)16(20)14(9-19)11-2-5-13(17)6-3-11/h2-8,14H,1H3. The molecule has 100 valence electrons. The quantitative estimate of drug-likeness (QED) is 0.765.